The summed E-state index contributed by atoms with van der Waals surface area (Å²) < 4.78 is 36.6. The minimum absolute atomic E-state index is 0.0263. The Kier molecular flexibility index (Phi) is 6.84. The van der Waals surface area contributed by atoms with Crippen LogP contribution in [0.2, 0.25) is 0 Å². The first-order chi connectivity index (χ1) is 19.5. The molecule has 0 aromatic heterocycles. The van der Waals surface area contributed by atoms with E-state index in [1.807, 2.05) is 0 Å². The van der Waals surface area contributed by atoms with Crippen molar-refractivity contribution < 1.29 is 47.9 Å². The summed E-state index contributed by atoms with van der Waals surface area (Å²) >= 11 is 0. The van der Waals surface area contributed by atoms with Gasteiger partial charge in [0.1, 0.15) is 18.3 Å². The van der Waals surface area contributed by atoms with Gasteiger partial charge in [0.25, 0.3) is 0 Å². The molecular formula is C31H38O10. The quantitative estimate of drug-likeness (QED) is 0.229. The van der Waals surface area contributed by atoms with Gasteiger partial charge in [-0.2, -0.15) is 0 Å². The average Bonchev–Trinajstić information content (AvgIpc) is 3.69. The van der Waals surface area contributed by atoms with E-state index in [4.69, 9.17) is 28.4 Å². The van der Waals surface area contributed by atoms with Crippen LogP contribution in [0.25, 0.3) is 0 Å². The molecule has 222 valence electrons. The van der Waals surface area contributed by atoms with Crippen molar-refractivity contribution in [1.82, 2.24) is 0 Å². The molecule has 4 fully saturated rings. The van der Waals surface area contributed by atoms with E-state index in [1.54, 1.807) is 12.2 Å². The summed E-state index contributed by atoms with van der Waals surface area (Å²) in [6.45, 7) is 7.61. The van der Waals surface area contributed by atoms with Crippen molar-refractivity contribution in [1.29, 1.82) is 0 Å². The highest BCUT2D eigenvalue weighted by Gasteiger charge is 2.83. The molecule has 1 saturated carbocycles. The van der Waals surface area contributed by atoms with Gasteiger partial charge in [0.15, 0.2) is 11.7 Å². The number of rotatable bonds is 2. The fraction of sp³-hybridized carbons (Fsp3) is 0.645. The maximum Gasteiger partial charge on any atom is 0.331 e. The van der Waals surface area contributed by atoms with Gasteiger partial charge in [-0.15, -0.1) is 0 Å². The fourth-order valence-corrected chi connectivity index (χ4v) is 7.98. The van der Waals surface area contributed by atoms with E-state index in [-0.39, 0.29) is 25.4 Å². The van der Waals surface area contributed by atoms with Crippen LogP contribution in [-0.4, -0.2) is 84.6 Å². The van der Waals surface area contributed by atoms with E-state index in [1.165, 1.54) is 37.6 Å². The highest BCUT2D eigenvalue weighted by molar-refractivity contribution is 5.84. The molecule has 9 atom stereocenters. The second kappa shape index (κ2) is 9.90. The van der Waals surface area contributed by atoms with Crippen molar-refractivity contribution in [3.8, 4) is 0 Å². The second-order valence-electron chi connectivity index (χ2n) is 12.4. The number of fused-ring (bicyclic) bond motifs is 2. The molecule has 0 radical (unpaired) electrons. The summed E-state index contributed by atoms with van der Waals surface area (Å²) in [4.78, 5) is 38.8. The number of aliphatic hydroxyl groups excluding tert-OH is 1. The molecule has 0 aromatic rings. The Morgan fingerprint density at radius 2 is 1.90 bits per heavy atom. The molecule has 2 spiro atoms. The molecule has 4 bridgehead atoms. The second-order valence-corrected chi connectivity index (χ2v) is 12.4. The predicted octanol–water partition coefficient (Wildman–Crippen LogP) is 2.64. The molecular weight excluding hydrogens is 532 g/mol. The molecule has 6 aliphatic rings. The lowest BCUT2D eigenvalue weighted by atomic mass is 9.51. The van der Waals surface area contributed by atoms with Gasteiger partial charge in [-0.3, -0.25) is 4.79 Å². The number of carbonyl (C=O) groups excluding carboxylic acids is 3. The minimum Gasteiger partial charge on any atom is -0.462 e. The van der Waals surface area contributed by atoms with Gasteiger partial charge in [-0.1, -0.05) is 30.7 Å². The molecule has 41 heavy (non-hydrogen) atoms. The Labute approximate surface area is 239 Å². The molecule has 1 N–H and O–H groups in total. The van der Waals surface area contributed by atoms with Gasteiger partial charge in [-0.25, -0.2) is 9.59 Å². The summed E-state index contributed by atoms with van der Waals surface area (Å²) in [6.07, 6.45) is 8.28. The molecule has 9 unspecified atom stereocenters. The third kappa shape index (κ3) is 4.17. The first-order valence-electron chi connectivity index (χ1n) is 14.4. The number of allylic oxidation sites excluding steroid dienone is 3. The Morgan fingerprint density at radius 1 is 1.12 bits per heavy atom. The van der Waals surface area contributed by atoms with Gasteiger partial charge in [0.05, 0.1) is 36.9 Å². The first-order valence-corrected chi connectivity index (χ1v) is 14.4. The maximum atomic E-state index is 13.5. The lowest BCUT2D eigenvalue weighted by molar-refractivity contribution is -0.232. The summed E-state index contributed by atoms with van der Waals surface area (Å²) in [5.41, 5.74) is -1.81. The number of ether oxygens (including phenoxy) is 6. The number of hydrogen-bond acceptors (Lipinski definition) is 10. The highest BCUT2D eigenvalue weighted by atomic mass is 16.6. The lowest BCUT2D eigenvalue weighted by Gasteiger charge is -2.58. The Morgan fingerprint density at radius 3 is 2.61 bits per heavy atom. The minimum atomic E-state index is -1.48. The molecule has 10 heteroatoms. The van der Waals surface area contributed by atoms with Gasteiger partial charge in [-0.05, 0) is 44.8 Å². The maximum absolute atomic E-state index is 13.5. The molecule has 2 aliphatic carbocycles. The van der Waals surface area contributed by atoms with E-state index in [0.29, 0.717) is 31.4 Å². The molecule has 6 rings (SSSR count). The normalized spacial score (nSPS) is 47.0. The smallest absolute Gasteiger partial charge is 0.331 e. The van der Waals surface area contributed by atoms with Crippen molar-refractivity contribution in [2.45, 2.75) is 95.1 Å². The molecule has 0 aromatic carbocycles. The summed E-state index contributed by atoms with van der Waals surface area (Å²) in [5, 5.41) is 10.8. The van der Waals surface area contributed by atoms with Crippen molar-refractivity contribution >= 4 is 17.9 Å². The monoisotopic (exact) mass is 570 g/mol. The van der Waals surface area contributed by atoms with Crippen LogP contribution in [-0.2, 0) is 42.8 Å². The van der Waals surface area contributed by atoms with Crippen molar-refractivity contribution in [3.63, 3.8) is 0 Å². The number of carbonyl (C=O) groups is 3. The third-order valence-corrected chi connectivity index (χ3v) is 10.4. The topological polar surface area (TPSA) is 130 Å². The van der Waals surface area contributed by atoms with Crippen LogP contribution in [0.3, 0.4) is 0 Å². The Hall–Kier alpha value is -2.79. The first kappa shape index (κ1) is 28.3. The molecule has 3 saturated heterocycles. The van der Waals surface area contributed by atoms with Gasteiger partial charge in [0, 0.05) is 30.9 Å². The largest absolute Gasteiger partial charge is 0.462 e. The molecule has 10 nitrogen and oxygen atoms in total. The fourth-order valence-electron chi connectivity index (χ4n) is 7.98. The number of cyclic esters (lactones) is 1. The van der Waals surface area contributed by atoms with E-state index in [2.05, 4.69) is 19.9 Å². The van der Waals surface area contributed by atoms with Crippen LogP contribution in [0.15, 0.2) is 47.6 Å². The summed E-state index contributed by atoms with van der Waals surface area (Å²) in [6, 6.07) is 0. The van der Waals surface area contributed by atoms with E-state index in [9.17, 15) is 19.5 Å². The summed E-state index contributed by atoms with van der Waals surface area (Å²) in [7, 11) is 0. The van der Waals surface area contributed by atoms with Crippen molar-refractivity contribution in [2.24, 2.45) is 10.8 Å². The molecule has 4 aliphatic heterocycles. The number of hydrogen-bond donors (Lipinski definition) is 1. The van der Waals surface area contributed by atoms with Gasteiger partial charge in [0.2, 0.25) is 0 Å². The van der Waals surface area contributed by atoms with Crippen molar-refractivity contribution in [3.05, 3.63) is 47.6 Å². The van der Waals surface area contributed by atoms with Crippen LogP contribution in [0.4, 0.5) is 0 Å². The zero-order valence-corrected chi connectivity index (χ0v) is 23.9. The standard InChI is InChI=1S/C31H38O10/c1-18-8-11-29-16-36-26(35)14-21-9-12-37-30(19(2)32,27(21)39-20(3)33)10-6-5-7-25(34)41-22-15-24(40-23(29)13-18)31(17-38-31)28(22,29)4/h5-7,10,13-14,19,22-24,27,32H,8-9,11-12,15-17H2,1-4H3/b7-5-,10-6-,21-14-. The lowest BCUT2D eigenvalue weighted by Crippen LogP contribution is -2.66. The van der Waals surface area contributed by atoms with E-state index in [0.717, 1.165) is 6.42 Å². The zero-order chi connectivity index (χ0) is 29.2. The van der Waals surface area contributed by atoms with Gasteiger partial charge < -0.3 is 33.5 Å². The Balaban J connectivity index is 1.45. The van der Waals surface area contributed by atoms with Crippen LogP contribution in [0.1, 0.15) is 53.4 Å². The van der Waals surface area contributed by atoms with E-state index < -0.39 is 58.3 Å². The molecule has 4 heterocycles. The number of aliphatic hydroxyl groups is 1. The third-order valence-electron chi connectivity index (χ3n) is 10.4. The Bertz CT molecular complexity index is 1260. The van der Waals surface area contributed by atoms with E-state index >= 15 is 0 Å². The SMILES string of the molecule is CC(=O)OC1/C2=C\C(=O)OCC34CCC(C)=CC3OC3CC(OC(=O)/C=C\C=C/C1(C(C)O)OCC2)C4(C)C31CO1. The van der Waals surface area contributed by atoms with Gasteiger partial charge >= 0.3 is 17.9 Å². The average molecular weight is 571 g/mol. The van der Waals surface area contributed by atoms with Crippen molar-refractivity contribution in [2.75, 3.05) is 19.8 Å². The molecule has 0 amide bonds. The van der Waals surface area contributed by atoms with Crippen LogP contribution >= 0.6 is 0 Å². The highest BCUT2D eigenvalue weighted by Crippen LogP contribution is 2.72. The van der Waals surface area contributed by atoms with Crippen LogP contribution in [0.5, 0.6) is 0 Å². The van der Waals surface area contributed by atoms with Crippen LogP contribution < -0.4 is 0 Å². The predicted molar refractivity (Wildman–Crippen MR) is 143 cm³/mol. The number of epoxide rings is 1. The number of esters is 3. The zero-order valence-electron chi connectivity index (χ0n) is 23.9. The van der Waals surface area contributed by atoms with Crippen LogP contribution in [0, 0.1) is 10.8 Å². The summed E-state index contributed by atoms with van der Waals surface area (Å²) in [5.74, 6) is -1.73.